The summed E-state index contributed by atoms with van der Waals surface area (Å²) < 4.78 is 49.2. The van der Waals surface area contributed by atoms with Crippen LogP contribution in [0.15, 0.2) is 47.5 Å². The Kier molecular flexibility index (Phi) is 6.15. The van der Waals surface area contributed by atoms with E-state index in [1.54, 1.807) is 0 Å². The molecule has 178 valence electrons. The van der Waals surface area contributed by atoms with Crippen LogP contribution in [-0.4, -0.2) is 55.9 Å². The second-order valence-electron chi connectivity index (χ2n) is 6.93. The lowest BCUT2D eigenvalue weighted by atomic mass is 10.1. The molecule has 2 aromatic heterocycles. The molecule has 0 unspecified atom stereocenters. The van der Waals surface area contributed by atoms with Gasteiger partial charge in [0.05, 0.1) is 45.1 Å². The van der Waals surface area contributed by atoms with Crippen molar-refractivity contribution in [2.75, 3.05) is 28.4 Å². The molecule has 4 rings (SSSR count). The molecule has 10 nitrogen and oxygen atoms in total. The maximum atomic E-state index is 13.8. The SMILES string of the molecule is COc1ccc(S(=O)(=O)n2c(O)c(-c3cnc(OC)nc3OC)c3cc(Cl)ccc32)c(OC)c1. The largest absolute Gasteiger partial charge is 0.497 e. The Morgan fingerprint density at radius 1 is 0.971 bits per heavy atom. The monoisotopic (exact) mass is 505 g/mol. The molecule has 0 bridgehead atoms. The van der Waals surface area contributed by atoms with Gasteiger partial charge in [0, 0.05) is 22.7 Å². The molecule has 0 radical (unpaired) electrons. The number of aromatic nitrogens is 3. The topological polar surface area (TPSA) is 122 Å². The van der Waals surface area contributed by atoms with E-state index in [4.69, 9.17) is 30.5 Å². The van der Waals surface area contributed by atoms with E-state index in [9.17, 15) is 13.5 Å². The molecule has 12 heteroatoms. The van der Waals surface area contributed by atoms with Gasteiger partial charge >= 0.3 is 6.01 Å². The van der Waals surface area contributed by atoms with E-state index < -0.39 is 15.9 Å². The van der Waals surface area contributed by atoms with Crippen LogP contribution in [0.4, 0.5) is 0 Å². The fourth-order valence-electron chi connectivity index (χ4n) is 3.59. The third-order valence-corrected chi connectivity index (χ3v) is 7.11. The van der Waals surface area contributed by atoms with Crippen molar-refractivity contribution in [1.82, 2.24) is 13.9 Å². The first-order valence-corrected chi connectivity index (χ1v) is 11.5. The minimum Gasteiger partial charge on any atom is -0.497 e. The van der Waals surface area contributed by atoms with Gasteiger partial charge in [0.25, 0.3) is 10.0 Å². The van der Waals surface area contributed by atoms with Crippen LogP contribution in [0.25, 0.3) is 22.0 Å². The van der Waals surface area contributed by atoms with Crippen molar-refractivity contribution in [3.8, 4) is 40.4 Å². The molecule has 0 spiro atoms. The smallest absolute Gasteiger partial charge is 0.319 e. The van der Waals surface area contributed by atoms with E-state index in [0.717, 1.165) is 3.97 Å². The quantitative estimate of drug-likeness (QED) is 0.400. The maximum absolute atomic E-state index is 13.8. The predicted octanol–water partition coefficient (Wildman–Crippen LogP) is 3.73. The number of ether oxygens (including phenoxy) is 4. The van der Waals surface area contributed by atoms with Crippen LogP contribution in [0, 0.1) is 0 Å². The van der Waals surface area contributed by atoms with Gasteiger partial charge in [-0.15, -0.1) is 0 Å². The highest BCUT2D eigenvalue weighted by Crippen LogP contribution is 2.45. The van der Waals surface area contributed by atoms with Gasteiger partial charge in [0.1, 0.15) is 16.4 Å². The van der Waals surface area contributed by atoms with Gasteiger partial charge in [-0.2, -0.15) is 4.98 Å². The molecule has 1 N–H and O–H groups in total. The number of benzene rings is 2. The molecule has 2 heterocycles. The van der Waals surface area contributed by atoms with E-state index in [1.165, 1.54) is 71.0 Å². The first-order chi connectivity index (χ1) is 16.3. The van der Waals surface area contributed by atoms with Crippen LogP contribution >= 0.6 is 11.6 Å². The molecule has 0 saturated carbocycles. The molecule has 0 aliphatic rings. The number of hydrogen-bond donors (Lipinski definition) is 1. The second kappa shape index (κ2) is 8.92. The Morgan fingerprint density at radius 2 is 1.74 bits per heavy atom. The van der Waals surface area contributed by atoms with Gasteiger partial charge in [-0.25, -0.2) is 17.4 Å². The van der Waals surface area contributed by atoms with Gasteiger partial charge in [0.15, 0.2) is 0 Å². The fourth-order valence-corrected chi connectivity index (χ4v) is 5.34. The van der Waals surface area contributed by atoms with Gasteiger partial charge in [-0.1, -0.05) is 11.6 Å². The lowest BCUT2D eigenvalue weighted by Gasteiger charge is -2.13. The average molecular weight is 506 g/mol. The van der Waals surface area contributed by atoms with Crippen molar-refractivity contribution in [2.24, 2.45) is 0 Å². The molecule has 0 fully saturated rings. The number of aromatic hydroxyl groups is 1. The number of rotatable bonds is 7. The van der Waals surface area contributed by atoms with Crippen LogP contribution in [0.5, 0.6) is 29.3 Å². The molecule has 0 aliphatic heterocycles. The second-order valence-corrected chi connectivity index (χ2v) is 9.12. The van der Waals surface area contributed by atoms with Crippen LogP contribution in [0.3, 0.4) is 0 Å². The summed E-state index contributed by atoms with van der Waals surface area (Å²) in [6.07, 6.45) is 1.37. The lowest BCUT2D eigenvalue weighted by Crippen LogP contribution is -2.13. The molecule has 0 atom stereocenters. The van der Waals surface area contributed by atoms with Crippen molar-refractivity contribution in [1.29, 1.82) is 0 Å². The molecule has 2 aromatic carbocycles. The van der Waals surface area contributed by atoms with Crippen molar-refractivity contribution in [2.45, 2.75) is 4.90 Å². The molecule has 4 aromatic rings. The lowest BCUT2D eigenvalue weighted by molar-refractivity contribution is 0.353. The molecular weight excluding hydrogens is 486 g/mol. The Bertz CT molecular complexity index is 1500. The predicted molar refractivity (Wildman–Crippen MR) is 125 cm³/mol. The number of hydrogen-bond acceptors (Lipinski definition) is 9. The molecular formula is C22H20ClN3O7S. The van der Waals surface area contributed by atoms with E-state index in [2.05, 4.69) is 9.97 Å². The van der Waals surface area contributed by atoms with Crippen LogP contribution in [-0.2, 0) is 10.0 Å². The highest BCUT2D eigenvalue weighted by atomic mass is 35.5. The fraction of sp³-hybridized carbons (Fsp3) is 0.182. The van der Waals surface area contributed by atoms with Crippen LogP contribution in [0.1, 0.15) is 0 Å². The normalized spacial score (nSPS) is 11.4. The maximum Gasteiger partial charge on any atom is 0.319 e. The first-order valence-electron chi connectivity index (χ1n) is 9.72. The summed E-state index contributed by atoms with van der Waals surface area (Å²) >= 11 is 6.22. The number of fused-ring (bicyclic) bond motifs is 1. The molecule has 0 saturated heterocycles. The van der Waals surface area contributed by atoms with Crippen molar-refractivity contribution >= 4 is 32.5 Å². The molecule has 0 amide bonds. The number of methoxy groups -OCH3 is 4. The van der Waals surface area contributed by atoms with E-state index in [0.29, 0.717) is 16.2 Å². The van der Waals surface area contributed by atoms with E-state index in [1.807, 2.05) is 0 Å². The average Bonchev–Trinajstić information content (AvgIpc) is 3.14. The molecule has 34 heavy (non-hydrogen) atoms. The van der Waals surface area contributed by atoms with Gasteiger partial charge in [0.2, 0.25) is 11.8 Å². The van der Waals surface area contributed by atoms with Gasteiger partial charge in [-0.3, -0.25) is 0 Å². The van der Waals surface area contributed by atoms with E-state index in [-0.39, 0.29) is 39.2 Å². The summed E-state index contributed by atoms with van der Waals surface area (Å²) in [5.41, 5.74) is 0.532. The first kappa shape index (κ1) is 23.5. The summed E-state index contributed by atoms with van der Waals surface area (Å²) in [6.45, 7) is 0. The number of nitrogens with zero attached hydrogens (tertiary/aromatic N) is 3. The minimum atomic E-state index is -4.36. The Labute approximate surface area is 200 Å². The zero-order valence-electron chi connectivity index (χ0n) is 18.6. The Hall–Kier alpha value is -3.70. The zero-order chi connectivity index (χ0) is 24.6. The van der Waals surface area contributed by atoms with Gasteiger partial charge in [-0.05, 0) is 30.3 Å². The molecule has 0 aliphatic carbocycles. The summed E-state index contributed by atoms with van der Waals surface area (Å²) in [7, 11) is 1.21. The van der Waals surface area contributed by atoms with Crippen LogP contribution < -0.4 is 18.9 Å². The number of halogens is 1. The summed E-state index contributed by atoms with van der Waals surface area (Å²) in [6, 6.07) is 8.84. The van der Waals surface area contributed by atoms with E-state index >= 15 is 0 Å². The summed E-state index contributed by atoms with van der Waals surface area (Å²) in [4.78, 5) is 8.04. The minimum absolute atomic E-state index is 0.0393. The Morgan fingerprint density at radius 3 is 2.38 bits per heavy atom. The highest BCUT2D eigenvalue weighted by molar-refractivity contribution is 7.90. The standard InChI is InChI=1S/C22H20ClN3O7S/c1-30-13-6-8-18(17(10-13)31-2)34(28,29)26-16-7-5-12(23)9-14(16)19(21(26)27)15-11-24-22(33-4)25-20(15)32-3/h5-11,27H,1-4H3. The Balaban J connectivity index is 2.07. The van der Waals surface area contributed by atoms with Crippen LogP contribution in [0.2, 0.25) is 5.02 Å². The summed E-state index contributed by atoms with van der Waals surface area (Å²) in [5.74, 6) is -0.0609. The van der Waals surface area contributed by atoms with Crippen molar-refractivity contribution in [3.05, 3.63) is 47.6 Å². The third-order valence-electron chi connectivity index (χ3n) is 5.13. The highest BCUT2D eigenvalue weighted by Gasteiger charge is 2.31. The zero-order valence-corrected chi connectivity index (χ0v) is 20.1. The summed E-state index contributed by atoms with van der Waals surface area (Å²) in [5, 5.41) is 12.0. The third kappa shape index (κ3) is 3.72. The van der Waals surface area contributed by atoms with Crippen molar-refractivity contribution in [3.63, 3.8) is 0 Å². The van der Waals surface area contributed by atoms with Gasteiger partial charge < -0.3 is 24.1 Å². The van der Waals surface area contributed by atoms with Crippen molar-refractivity contribution < 1.29 is 32.5 Å².